The molecular formula is C12H19N3O3S. The summed E-state index contributed by atoms with van der Waals surface area (Å²) >= 11 is 1.50. The Morgan fingerprint density at radius 2 is 2.42 bits per heavy atom. The van der Waals surface area contributed by atoms with Crippen LogP contribution in [0.3, 0.4) is 0 Å². The summed E-state index contributed by atoms with van der Waals surface area (Å²) < 4.78 is 5.35. The van der Waals surface area contributed by atoms with E-state index in [4.69, 9.17) is 4.74 Å². The van der Waals surface area contributed by atoms with Crippen LogP contribution in [0.4, 0.5) is 0 Å². The lowest BCUT2D eigenvalue weighted by Gasteiger charge is -2.36. The molecule has 2 rings (SSSR count). The molecule has 1 aliphatic heterocycles. The molecule has 7 heteroatoms. The van der Waals surface area contributed by atoms with Gasteiger partial charge in [-0.05, 0) is 13.8 Å². The fourth-order valence-corrected chi connectivity index (χ4v) is 2.87. The summed E-state index contributed by atoms with van der Waals surface area (Å²) in [4.78, 5) is 17.2. The van der Waals surface area contributed by atoms with E-state index >= 15 is 0 Å². The quantitative estimate of drug-likeness (QED) is 0.716. The maximum atomic E-state index is 12.1. The highest BCUT2D eigenvalue weighted by molar-refractivity contribution is 7.11. The number of rotatable bonds is 4. The Balaban J connectivity index is 1.97. The molecular weight excluding hydrogens is 266 g/mol. The molecule has 1 amide bonds. The van der Waals surface area contributed by atoms with Crippen LogP contribution in [0.1, 0.15) is 20.4 Å². The average molecular weight is 285 g/mol. The van der Waals surface area contributed by atoms with Gasteiger partial charge >= 0.3 is 0 Å². The molecule has 106 valence electrons. The smallest absolute Gasteiger partial charge is 0.271 e. The second-order valence-electron chi connectivity index (χ2n) is 4.74. The van der Waals surface area contributed by atoms with Crippen molar-refractivity contribution in [2.75, 3.05) is 32.9 Å². The zero-order valence-electron chi connectivity index (χ0n) is 11.2. The van der Waals surface area contributed by atoms with E-state index in [9.17, 15) is 9.90 Å². The fraction of sp³-hybridized carbons (Fsp3) is 0.667. The second-order valence-corrected chi connectivity index (χ2v) is 6.15. The Kier molecular flexibility index (Phi) is 4.51. The van der Waals surface area contributed by atoms with Crippen LogP contribution in [-0.2, 0) is 4.74 Å². The second kappa shape index (κ2) is 5.96. The van der Waals surface area contributed by atoms with Gasteiger partial charge in [0, 0.05) is 18.0 Å². The van der Waals surface area contributed by atoms with Gasteiger partial charge in [0.2, 0.25) is 0 Å². The zero-order valence-corrected chi connectivity index (χ0v) is 12.0. The molecule has 0 radical (unpaired) electrons. The minimum absolute atomic E-state index is 0.0810. The van der Waals surface area contributed by atoms with E-state index in [0.717, 1.165) is 9.88 Å². The lowest BCUT2D eigenvalue weighted by atomic mass is 10.0. The SMILES string of the molecule is Cc1nc(C(=O)NCC2(CO)COCCN2)c(C)s1. The van der Waals surface area contributed by atoms with Crippen LogP contribution >= 0.6 is 11.3 Å². The number of hydrogen-bond acceptors (Lipinski definition) is 6. The van der Waals surface area contributed by atoms with Crippen molar-refractivity contribution in [2.24, 2.45) is 0 Å². The first-order chi connectivity index (χ1) is 9.06. The van der Waals surface area contributed by atoms with E-state index in [-0.39, 0.29) is 12.5 Å². The first kappa shape index (κ1) is 14.4. The molecule has 0 saturated carbocycles. The number of thiazole rings is 1. The van der Waals surface area contributed by atoms with Crippen LogP contribution in [0, 0.1) is 13.8 Å². The first-order valence-electron chi connectivity index (χ1n) is 6.22. The van der Waals surface area contributed by atoms with E-state index in [1.165, 1.54) is 11.3 Å². The number of nitrogens with zero attached hydrogens (tertiary/aromatic N) is 1. The van der Waals surface area contributed by atoms with Crippen LogP contribution < -0.4 is 10.6 Å². The van der Waals surface area contributed by atoms with Crippen molar-refractivity contribution in [3.63, 3.8) is 0 Å². The molecule has 1 aliphatic rings. The van der Waals surface area contributed by atoms with Crippen LogP contribution in [0.5, 0.6) is 0 Å². The van der Waals surface area contributed by atoms with Gasteiger partial charge in [-0.15, -0.1) is 11.3 Å². The Labute approximate surface area is 116 Å². The average Bonchev–Trinajstić information content (AvgIpc) is 2.76. The minimum Gasteiger partial charge on any atom is -0.394 e. The Morgan fingerprint density at radius 3 is 2.95 bits per heavy atom. The minimum atomic E-state index is -0.590. The Hall–Kier alpha value is -1.02. The van der Waals surface area contributed by atoms with Gasteiger partial charge in [-0.25, -0.2) is 4.98 Å². The number of carbonyl (C=O) groups is 1. The number of amides is 1. The number of morpholine rings is 1. The van der Waals surface area contributed by atoms with E-state index in [0.29, 0.717) is 32.0 Å². The molecule has 0 aromatic carbocycles. The highest BCUT2D eigenvalue weighted by Crippen LogP contribution is 2.16. The van der Waals surface area contributed by atoms with Gasteiger partial charge < -0.3 is 20.5 Å². The van der Waals surface area contributed by atoms with Crippen LogP contribution in [0.25, 0.3) is 0 Å². The third-order valence-electron chi connectivity index (χ3n) is 3.13. The largest absolute Gasteiger partial charge is 0.394 e. The number of nitrogens with one attached hydrogen (secondary N) is 2. The molecule has 1 aromatic heterocycles. The molecule has 3 N–H and O–H groups in total. The van der Waals surface area contributed by atoms with Crippen molar-refractivity contribution in [3.05, 3.63) is 15.6 Å². The highest BCUT2D eigenvalue weighted by atomic mass is 32.1. The fourth-order valence-electron chi connectivity index (χ4n) is 2.05. The molecule has 1 aromatic rings. The normalized spacial score (nSPS) is 23.3. The van der Waals surface area contributed by atoms with Crippen LogP contribution in [0.15, 0.2) is 0 Å². The van der Waals surface area contributed by atoms with Gasteiger partial charge in [0.05, 0.1) is 30.4 Å². The van der Waals surface area contributed by atoms with Gasteiger partial charge in [-0.1, -0.05) is 0 Å². The maximum absolute atomic E-state index is 12.1. The number of aliphatic hydroxyl groups excluding tert-OH is 1. The summed E-state index contributed by atoms with van der Waals surface area (Å²) in [5.74, 6) is -0.206. The maximum Gasteiger partial charge on any atom is 0.271 e. The van der Waals surface area contributed by atoms with Crippen molar-refractivity contribution >= 4 is 17.2 Å². The van der Waals surface area contributed by atoms with Gasteiger partial charge in [0.1, 0.15) is 5.69 Å². The number of carbonyl (C=O) groups excluding carboxylic acids is 1. The molecule has 19 heavy (non-hydrogen) atoms. The van der Waals surface area contributed by atoms with Crippen LogP contribution in [-0.4, -0.2) is 54.4 Å². The number of aliphatic hydroxyl groups is 1. The van der Waals surface area contributed by atoms with E-state index in [1.807, 2.05) is 13.8 Å². The van der Waals surface area contributed by atoms with Gasteiger partial charge in [-0.3, -0.25) is 4.79 Å². The van der Waals surface area contributed by atoms with Gasteiger partial charge in [0.15, 0.2) is 0 Å². The van der Waals surface area contributed by atoms with Crippen molar-refractivity contribution < 1.29 is 14.6 Å². The predicted molar refractivity (Wildman–Crippen MR) is 72.6 cm³/mol. The van der Waals surface area contributed by atoms with E-state index in [2.05, 4.69) is 15.6 Å². The molecule has 1 fully saturated rings. The Morgan fingerprint density at radius 1 is 1.63 bits per heavy atom. The summed E-state index contributed by atoms with van der Waals surface area (Å²) in [6, 6.07) is 0. The third kappa shape index (κ3) is 3.30. The van der Waals surface area contributed by atoms with Crippen LogP contribution in [0.2, 0.25) is 0 Å². The van der Waals surface area contributed by atoms with E-state index in [1.54, 1.807) is 0 Å². The number of ether oxygens (including phenoxy) is 1. The number of aromatic nitrogens is 1. The Bertz CT molecular complexity index is 455. The van der Waals surface area contributed by atoms with Gasteiger partial charge in [-0.2, -0.15) is 0 Å². The third-order valence-corrected chi connectivity index (χ3v) is 4.02. The molecule has 1 saturated heterocycles. The first-order valence-corrected chi connectivity index (χ1v) is 7.04. The van der Waals surface area contributed by atoms with E-state index < -0.39 is 5.54 Å². The molecule has 0 aliphatic carbocycles. The van der Waals surface area contributed by atoms with Crippen molar-refractivity contribution in [2.45, 2.75) is 19.4 Å². The number of hydrogen-bond donors (Lipinski definition) is 3. The lowest BCUT2D eigenvalue weighted by molar-refractivity contribution is 0.0000117. The molecule has 6 nitrogen and oxygen atoms in total. The monoisotopic (exact) mass is 285 g/mol. The van der Waals surface area contributed by atoms with Crippen molar-refractivity contribution in [1.82, 2.24) is 15.6 Å². The summed E-state index contributed by atoms with van der Waals surface area (Å²) in [6.07, 6.45) is 0. The highest BCUT2D eigenvalue weighted by Gasteiger charge is 2.32. The lowest BCUT2D eigenvalue weighted by Crippen LogP contribution is -2.62. The van der Waals surface area contributed by atoms with Gasteiger partial charge in [0.25, 0.3) is 5.91 Å². The standard InChI is InChI=1S/C12H19N3O3S/c1-8-10(15-9(2)19-8)11(17)13-5-12(6-16)7-18-4-3-14-12/h14,16H,3-7H2,1-2H3,(H,13,17). The molecule has 1 atom stereocenters. The zero-order chi connectivity index (χ0) is 13.9. The summed E-state index contributed by atoms with van der Waals surface area (Å²) in [5.41, 5.74) is -0.125. The molecule has 1 unspecified atom stereocenters. The predicted octanol–water partition coefficient (Wildman–Crippen LogP) is -0.159. The topological polar surface area (TPSA) is 83.5 Å². The van der Waals surface area contributed by atoms with Crippen molar-refractivity contribution in [1.29, 1.82) is 0 Å². The summed E-state index contributed by atoms with van der Waals surface area (Å²) in [5, 5.41) is 16.4. The molecule has 0 bridgehead atoms. The molecule has 0 spiro atoms. The van der Waals surface area contributed by atoms with Crippen molar-refractivity contribution in [3.8, 4) is 0 Å². The summed E-state index contributed by atoms with van der Waals surface area (Å²) in [6.45, 7) is 5.68. The number of aryl methyl sites for hydroxylation is 2. The summed E-state index contributed by atoms with van der Waals surface area (Å²) in [7, 11) is 0. The molecule has 2 heterocycles.